The molecule has 0 aliphatic carbocycles. The number of benzene rings is 3. The predicted octanol–water partition coefficient (Wildman–Crippen LogP) is 9.41. The smallest absolute Gasteiger partial charge is 0.201 e. The normalized spacial score (nSPS) is 17.6. The molecule has 0 amide bonds. The zero-order chi connectivity index (χ0) is 27.6. The molecule has 0 bridgehead atoms. The lowest BCUT2D eigenvalue weighted by atomic mass is 9.98. The minimum absolute atomic E-state index is 0.0818. The Bertz CT molecular complexity index is 1230. The van der Waals surface area contributed by atoms with Crippen molar-refractivity contribution in [1.29, 1.82) is 0 Å². The first kappa shape index (κ1) is 28.9. The molecule has 3 aromatic carbocycles. The number of hydrogen-bond acceptors (Lipinski definition) is 3. The highest BCUT2D eigenvalue weighted by atomic mass is 19.2. The van der Waals surface area contributed by atoms with Gasteiger partial charge in [-0.25, -0.2) is 8.78 Å². The molecule has 0 saturated carbocycles. The molecule has 3 aromatic rings. The molecule has 4 rings (SSSR count). The molecule has 0 N–H and O–H groups in total. The van der Waals surface area contributed by atoms with Crippen molar-refractivity contribution in [3.8, 4) is 28.0 Å². The SMILES string of the molecule is CC=CCCC1COC(c2ccc(-c3ccc(-c4ccc(OCCCCCC)c(F)c4F)cc3)c(F)c2)OC1. The van der Waals surface area contributed by atoms with E-state index in [4.69, 9.17) is 14.2 Å². The van der Waals surface area contributed by atoms with Gasteiger partial charge in [-0.1, -0.05) is 74.7 Å². The predicted molar refractivity (Wildman–Crippen MR) is 149 cm³/mol. The zero-order valence-corrected chi connectivity index (χ0v) is 22.7. The summed E-state index contributed by atoms with van der Waals surface area (Å²) < 4.78 is 61.7. The lowest BCUT2D eigenvalue weighted by Gasteiger charge is -2.29. The van der Waals surface area contributed by atoms with Crippen molar-refractivity contribution >= 4 is 0 Å². The van der Waals surface area contributed by atoms with Crippen LogP contribution in [-0.2, 0) is 9.47 Å². The summed E-state index contributed by atoms with van der Waals surface area (Å²) in [6, 6.07) is 14.6. The summed E-state index contributed by atoms with van der Waals surface area (Å²) in [7, 11) is 0. The van der Waals surface area contributed by atoms with Gasteiger partial charge in [-0.3, -0.25) is 0 Å². The Balaban J connectivity index is 1.40. The van der Waals surface area contributed by atoms with Gasteiger partial charge in [-0.2, -0.15) is 4.39 Å². The molecule has 6 heteroatoms. The van der Waals surface area contributed by atoms with E-state index in [1.165, 1.54) is 18.2 Å². The molecule has 0 atom stereocenters. The van der Waals surface area contributed by atoms with Gasteiger partial charge >= 0.3 is 0 Å². The van der Waals surface area contributed by atoms with E-state index in [0.29, 0.717) is 48.0 Å². The van der Waals surface area contributed by atoms with Gasteiger partial charge in [0.15, 0.2) is 17.9 Å². The van der Waals surface area contributed by atoms with E-state index >= 15 is 4.39 Å². The summed E-state index contributed by atoms with van der Waals surface area (Å²) in [5.41, 5.74) is 2.29. The Labute approximate surface area is 229 Å². The molecular weight excluding hydrogens is 501 g/mol. The zero-order valence-electron chi connectivity index (χ0n) is 22.7. The fourth-order valence-electron chi connectivity index (χ4n) is 4.72. The van der Waals surface area contributed by atoms with E-state index in [1.807, 2.05) is 13.0 Å². The molecule has 1 aliphatic rings. The standard InChI is InChI=1S/C33H37F3O3/c1-3-5-7-9-19-37-30-18-17-28(31(35)32(30)36)25-13-11-24(12-14-25)27-16-15-26(20-29(27)34)33-38-21-23(22-39-33)10-8-6-4-2/h4,6,11-18,20,23,33H,3,5,7-10,19,21-22H2,1-2H3. The van der Waals surface area contributed by atoms with Crippen LogP contribution in [0, 0.1) is 23.4 Å². The van der Waals surface area contributed by atoms with E-state index in [0.717, 1.165) is 38.5 Å². The van der Waals surface area contributed by atoms with Gasteiger partial charge in [0.2, 0.25) is 5.82 Å². The molecule has 0 aromatic heterocycles. The number of unbranched alkanes of at least 4 members (excludes halogenated alkanes) is 3. The van der Waals surface area contributed by atoms with E-state index < -0.39 is 23.7 Å². The van der Waals surface area contributed by atoms with Crippen LogP contribution in [0.5, 0.6) is 5.75 Å². The van der Waals surface area contributed by atoms with Crippen LogP contribution >= 0.6 is 0 Å². The van der Waals surface area contributed by atoms with Gasteiger partial charge in [0.25, 0.3) is 0 Å². The van der Waals surface area contributed by atoms with E-state index in [1.54, 1.807) is 36.4 Å². The van der Waals surface area contributed by atoms with Crippen LogP contribution in [0.4, 0.5) is 13.2 Å². The minimum atomic E-state index is -0.995. The Morgan fingerprint density at radius 1 is 0.846 bits per heavy atom. The molecular formula is C33H37F3O3. The molecule has 1 fully saturated rings. The van der Waals surface area contributed by atoms with Crippen LogP contribution in [0.15, 0.2) is 66.7 Å². The molecule has 0 radical (unpaired) electrons. The van der Waals surface area contributed by atoms with E-state index in [9.17, 15) is 8.78 Å². The third-order valence-corrected chi connectivity index (χ3v) is 7.02. The molecule has 208 valence electrons. The quantitative estimate of drug-likeness (QED) is 0.170. The van der Waals surface area contributed by atoms with Crippen LogP contribution in [0.1, 0.15) is 64.2 Å². The number of rotatable bonds is 12. The van der Waals surface area contributed by atoms with Crippen molar-refractivity contribution in [1.82, 2.24) is 0 Å². The summed E-state index contributed by atoms with van der Waals surface area (Å²) in [6.45, 7) is 5.62. The maximum Gasteiger partial charge on any atom is 0.201 e. The topological polar surface area (TPSA) is 27.7 Å². The summed E-state index contributed by atoms with van der Waals surface area (Å²) in [5, 5.41) is 0. The minimum Gasteiger partial charge on any atom is -0.490 e. The first-order chi connectivity index (χ1) is 19.0. The third kappa shape index (κ3) is 7.52. The van der Waals surface area contributed by atoms with Gasteiger partial charge in [0, 0.05) is 22.6 Å². The second-order valence-corrected chi connectivity index (χ2v) is 9.98. The average molecular weight is 539 g/mol. The van der Waals surface area contributed by atoms with Crippen LogP contribution in [0.25, 0.3) is 22.3 Å². The van der Waals surface area contributed by atoms with Crippen LogP contribution < -0.4 is 4.74 Å². The molecule has 1 heterocycles. The summed E-state index contributed by atoms with van der Waals surface area (Å²) >= 11 is 0. The Morgan fingerprint density at radius 2 is 1.54 bits per heavy atom. The van der Waals surface area contributed by atoms with Crippen molar-refractivity contribution in [3.63, 3.8) is 0 Å². The van der Waals surface area contributed by atoms with Gasteiger partial charge < -0.3 is 14.2 Å². The Hall–Kier alpha value is -3.09. The average Bonchev–Trinajstić information content (AvgIpc) is 2.96. The van der Waals surface area contributed by atoms with Crippen molar-refractivity contribution in [3.05, 3.63) is 89.8 Å². The number of ether oxygens (including phenoxy) is 3. The summed E-state index contributed by atoms with van der Waals surface area (Å²) in [4.78, 5) is 0. The largest absolute Gasteiger partial charge is 0.490 e. The van der Waals surface area contributed by atoms with Gasteiger partial charge in [0.1, 0.15) is 5.82 Å². The van der Waals surface area contributed by atoms with Crippen LogP contribution in [0.2, 0.25) is 0 Å². The first-order valence-electron chi connectivity index (χ1n) is 13.9. The monoisotopic (exact) mass is 538 g/mol. The third-order valence-electron chi connectivity index (χ3n) is 7.02. The van der Waals surface area contributed by atoms with Crippen LogP contribution in [0.3, 0.4) is 0 Å². The second-order valence-electron chi connectivity index (χ2n) is 9.98. The van der Waals surface area contributed by atoms with Crippen molar-refractivity contribution in [2.24, 2.45) is 5.92 Å². The highest BCUT2D eigenvalue weighted by Crippen LogP contribution is 2.34. The lowest BCUT2D eigenvalue weighted by molar-refractivity contribution is -0.205. The molecule has 1 aliphatic heterocycles. The van der Waals surface area contributed by atoms with Gasteiger partial charge in [-0.05, 0) is 55.5 Å². The van der Waals surface area contributed by atoms with Crippen molar-refractivity contribution in [2.75, 3.05) is 19.8 Å². The van der Waals surface area contributed by atoms with Crippen molar-refractivity contribution < 1.29 is 27.4 Å². The highest BCUT2D eigenvalue weighted by Gasteiger charge is 2.24. The van der Waals surface area contributed by atoms with Crippen molar-refractivity contribution in [2.45, 2.75) is 58.7 Å². The molecule has 3 nitrogen and oxygen atoms in total. The molecule has 39 heavy (non-hydrogen) atoms. The maximum absolute atomic E-state index is 15.1. The van der Waals surface area contributed by atoms with E-state index in [-0.39, 0.29) is 11.3 Å². The molecule has 1 saturated heterocycles. The highest BCUT2D eigenvalue weighted by molar-refractivity contribution is 5.71. The van der Waals surface area contributed by atoms with Gasteiger partial charge in [0.05, 0.1) is 19.8 Å². The number of hydrogen-bond donors (Lipinski definition) is 0. The second kappa shape index (κ2) is 14.3. The summed E-state index contributed by atoms with van der Waals surface area (Å²) in [5.74, 6) is -2.11. The fraction of sp³-hybridized carbons (Fsp3) is 0.394. The Kier molecular flexibility index (Phi) is 10.6. The Morgan fingerprint density at radius 3 is 2.21 bits per heavy atom. The first-order valence-corrected chi connectivity index (χ1v) is 13.9. The molecule has 0 unspecified atom stereocenters. The number of allylic oxidation sites excluding steroid dienone is 2. The molecule has 0 spiro atoms. The fourth-order valence-corrected chi connectivity index (χ4v) is 4.72. The van der Waals surface area contributed by atoms with Crippen LogP contribution in [-0.4, -0.2) is 19.8 Å². The van der Waals surface area contributed by atoms with E-state index in [2.05, 4.69) is 13.0 Å². The van der Waals surface area contributed by atoms with Gasteiger partial charge in [-0.15, -0.1) is 0 Å². The summed E-state index contributed by atoms with van der Waals surface area (Å²) in [6.07, 6.45) is 9.53. The lowest BCUT2D eigenvalue weighted by Crippen LogP contribution is -2.27. The maximum atomic E-state index is 15.1. The number of halogens is 3.